The quantitative estimate of drug-likeness (QED) is 0.659. The summed E-state index contributed by atoms with van der Waals surface area (Å²) >= 11 is 0. The number of hydrogen-bond donors (Lipinski definition) is 1. The van der Waals surface area contributed by atoms with Gasteiger partial charge in [0.1, 0.15) is 23.8 Å². The number of rotatable bonds is 3. The zero-order chi connectivity index (χ0) is 21.8. The van der Waals surface area contributed by atoms with Gasteiger partial charge in [-0.05, 0) is 43.3 Å². The van der Waals surface area contributed by atoms with Gasteiger partial charge in [-0.25, -0.2) is 0 Å². The van der Waals surface area contributed by atoms with Crippen LogP contribution in [-0.4, -0.2) is 25.9 Å². The summed E-state index contributed by atoms with van der Waals surface area (Å²) in [6.45, 7) is 2.22. The van der Waals surface area contributed by atoms with Gasteiger partial charge >= 0.3 is 0 Å². The third-order valence-electron chi connectivity index (χ3n) is 6.10. The SMILES string of the molecule is COc1cc2c(cc1C1Nc3ccccc3C(=O)N1c1ccc3c(c1)OCO3)OC(C)C2. The Morgan fingerprint density at radius 1 is 1.03 bits per heavy atom. The lowest BCUT2D eigenvalue weighted by molar-refractivity contribution is 0.0974. The molecule has 3 heterocycles. The molecule has 0 saturated heterocycles. The summed E-state index contributed by atoms with van der Waals surface area (Å²) < 4.78 is 22.8. The molecule has 0 aromatic heterocycles. The smallest absolute Gasteiger partial charge is 0.262 e. The molecule has 3 aromatic rings. The van der Waals surface area contributed by atoms with E-state index in [4.69, 9.17) is 18.9 Å². The summed E-state index contributed by atoms with van der Waals surface area (Å²) in [7, 11) is 1.65. The van der Waals surface area contributed by atoms with Crippen LogP contribution in [0.1, 0.15) is 34.6 Å². The summed E-state index contributed by atoms with van der Waals surface area (Å²) in [5.74, 6) is 2.70. The van der Waals surface area contributed by atoms with Crippen molar-refractivity contribution < 1.29 is 23.7 Å². The van der Waals surface area contributed by atoms with E-state index in [2.05, 4.69) is 5.32 Å². The van der Waals surface area contributed by atoms with Crippen LogP contribution >= 0.6 is 0 Å². The van der Waals surface area contributed by atoms with Crippen LogP contribution in [0.4, 0.5) is 11.4 Å². The third-order valence-corrected chi connectivity index (χ3v) is 6.10. The van der Waals surface area contributed by atoms with Gasteiger partial charge in [0.2, 0.25) is 6.79 Å². The van der Waals surface area contributed by atoms with E-state index in [1.807, 2.05) is 61.5 Å². The van der Waals surface area contributed by atoms with Gasteiger partial charge in [-0.15, -0.1) is 0 Å². The molecular weight excluding hydrogens is 408 g/mol. The first-order valence-electron chi connectivity index (χ1n) is 10.6. The molecule has 0 saturated carbocycles. The zero-order valence-corrected chi connectivity index (χ0v) is 17.8. The van der Waals surface area contributed by atoms with E-state index in [9.17, 15) is 4.79 Å². The van der Waals surface area contributed by atoms with Gasteiger partial charge in [0.25, 0.3) is 5.91 Å². The van der Waals surface area contributed by atoms with E-state index in [0.717, 1.165) is 29.0 Å². The molecule has 162 valence electrons. The van der Waals surface area contributed by atoms with Gasteiger partial charge in [-0.1, -0.05) is 12.1 Å². The van der Waals surface area contributed by atoms with Crippen LogP contribution in [0.25, 0.3) is 0 Å². The number of benzene rings is 3. The molecule has 1 N–H and O–H groups in total. The van der Waals surface area contributed by atoms with Crippen molar-refractivity contribution in [1.29, 1.82) is 0 Å². The first kappa shape index (κ1) is 18.9. The molecule has 6 rings (SSSR count). The molecule has 0 aliphatic carbocycles. The van der Waals surface area contributed by atoms with Crippen LogP contribution in [0.5, 0.6) is 23.0 Å². The van der Waals surface area contributed by atoms with Crippen molar-refractivity contribution in [3.63, 3.8) is 0 Å². The number of carbonyl (C=O) groups is 1. The Balaban J connectivity index is 1.52. The first-order valence-corrected chi connectivity index (χ1v) is 10.6. The topological polar surface area (TPSA) is 69.3 Å². The molecule has 3 aliphatic rings. The maximum atomic E-state index is 13.7. The molecule has 2 atom stereocenters. The molecule has 0 fully saturated rings. The minimum Gasteiger partial charge on any atom is -0.496 e. The number of nitrogens with zero attached hydrogens (tertiary/aromatic N) is 1. The summed E-state index contributed by atoms with van der Waals surface area (Å²) in [5.41, 5.74) is 4.00. The number of hydrogen-bond acceptors (Lipinski definition) is 6. The molecule has 3 aliphatic heterocycles. The van der Waals surface area contributed by atoms with Gasteiger partial charge in [0.05, 0.1) is 18.4 Å². The van der Waals surface area contributed by atoms with Crippen molar-refractivity contribution >= 4 is 17.3 Å². The number of carbonyl (C=O) groups excluding carboxylic acids is 1. The summed E-state index contributed by atoms with van der Waals surface area (Å²) in [5, 5.41) is 3.53. The average Bonchev–Trinajstić information content (AvgIpc) is 3.42. The lowest BCUT2D eigenvalue weighted by Crippen LogP contribution is -2.43. The summed E-state index contributed by atoms with van der Waals surface area (Å²) in [6.07, 6.45) is 0.437. The standard InChI is InChI=1S/C25H22N2O5/c1-14-9-15-10-22(29-2)18(12-21(15)32-14)24-26-19-6-4-3-5-17(19)25(28)27(24)16-7-8-20-23(11-16)31-13-30-20/h3-8,10-12,14,24,26H,9,13H2,1-2H3. The molecule has 7 heteroatoms. The molecule has 0 spiro atoms. The number of para-hydroxylation sites is 1. The minimum atomic E-state index is -0.502. The molecule has 2 unspecified atom stereocenters. The van der Waals surface area contributed by atoms with Crippen LogP contribution in [0.3, 0.4) is 0 Å². The van der Waals surface area contributed by atoms with Gasteiger partial charge in [0.15, 0.2) is 11.5 Å². The summed E-state index contributed by atoms with van der Waals surface area (Å²) in [4.78, 5) is 15.5. The number of amides is 1. The van der Waals surface area contributed by atoms with E-state index in [1.54, 1.807) is 12.0 Å². The molecule has 1 amide bonds. The van der Waals surface area contributed by atoms with Crippen molar-refractivity contribution in [3.05, 3.63) is 71.3 Å². The Kier molecular flexibility index (Phi) is 4.18. The zero-order valence-electron chi connectivity index (χ0n) is 17.8. The van der Waals surface area contributed by atoms with Crippen molar-refractivity contribution in [2.24, 2.45) is 0 Å². The van der Waals surface area contributed by atoms with E-state index in [0.29, 0.717) is 28.5 Å². The van der Waals surface area contributed by atoms with Crippen molar-refractivity contribution in [2.75, 3.05) is 24.1 Å². The highest BCUT2D eigenvalue weighted by Crippen LogP contribution is 2.45. The lowest BCUT2D eigenvalue weighted by Gasteiger charge is -2.38. The van der Waals surface area contributed by atoms with Crippen LogP contribution < -0.4 is 29.2 Å². The predicted octanol–water partition coefficient (Wildman–Crippen LogP) is 4.52. The molecule has 0 bridgehead atoms. The fourth-order valence-corrected chi connectivity index (χ4v) is 4.62. The fraction of sp³-hybridized carbons (Fsp3) is 0.240. The first-order chi connectivity index (χ1) is 15.6. The van der Waals surface area contributed by atoms with E-state index < -0.39 is 6.17 Å². The van der Waals surface area contributed by atoms with Gasteiger partial charge < -0.3 is 24.3 Å². The molecule has 3 aromatic carbocycles. The molecule has 7 nitrogen and oxygen atoms in total. The van der Waals surface area contributed by atoms with Gasteiger partial charge in [-0.2, -0.15) is 0 Å². The Morgan fingerprint density at radius 2 is 1.88 bits per heavy atom. The Labute approximate surface area is 185 Å². The Bertz CT molecular complexity index is 1240. The monoisotopic (exact) mass is 430 g/mol. The highest BCUT2D eigenvalue weighted by Gasteiger charge is 2.37. The summed E-state index contributed by atoms with van der Waals surface area (Å²) in [6, 6.07) is 17.0. The normalized spacial score (nSPS) is 20.3. The van der Waals surface area contributed by atoms with Crippen molar-refractivity contribution in [3.8, 4) is 23.0 Å². The average molecular weight is 430 g/mol. The second-order valence-electron chi connectivity index (χ2n) is 8.14. The number of nitrogens with one attached hydrogen (secondary N) is 1. The number of fused-ring (bicyclic) bond motifs is 3. The second-order valence-corrected chi connectivity index (χ2v) is 8.14. The van der Waals surface area contributed by atoms with Crippen LogP contribution in [-0.2, 0) is 6.42 Å². The van der Waals surface area contributed by atoms with E-state index in [1.165, 1.54) is 0 Å². The third kappa shape index (κ3) is 2.85. The van der Waals surface area contributed by atoms with Crippen molar-refractivity contribution in [2.45, 2.75) is 25.6 Å². The largest absolute Gasteiger partial charge is 0.496 e. The minimum absolute atomic E-state index is 0.108. The van der Waals surface area contributed by atoms with E-state index in [-0.39, 0.29) is 18.8 Å². The highest BCUT2D eigenvalue weighted by atomic mass is 16.7. The highest BCUT2D eigenvalue weighted by molar-refractivity contribution is 6.12. The maximum absolute atomic E-state index is 13.7. The number of methoxy groups -OCH3 is 1. The molecule has 0 radical (unpaired) electrons. The van der Waals surface area contributed by atoms with Gasteiger partial charge in [-0.3, -0.25) is 9.69 Å². The number of anilines is 2. The van der Waals surface area contributed by atoms with Crippen molar-refractivity contribution in [1.82, 2.24) is 0 Å². The maximum Gasteiger partial charge on any atom is 0.262 e. The lowest BCUT2D eigenvalue weighted by atomic mass is 9.99. The number of ether oxygens (including phenoxy) is 4. The molecule has 32 heavy (non-hydrogen) atoms. The Hall–Kier alpha value is -3.87. The van der Waals surface area contributed by atoms with Gasteiger partial charge in [0, 0.05) is 29.3 Å². The Morgan fingerprint density at radius 3 is 2.75 bits per heavy atom. The van der Waals surface area contributed by atoms with Crippen LogP contribution in [0, 0.1) is 0 Å². The predicted molar refractivity (Wildman–Crippen MR) is 119 cm³/mol. The second kappa shape index (κ2) is 7.09. The van der Waals surface area contributed by atoms with Crippen LogP contribution in [0.2, 0.25) is 0 Å². The van der Waals surface area contributed by atoms with E-state index >= 15 is 0 Å². The fourth-order valence-electron chi connectivity index (χ4n) is 4.62. The molecular formula is C25H22N2O5. The van der Waals surface area contributed by atoms with Crippen LogP contribution in [0.15, 0.2) is 54.6 Å².